The van der Waals surface area contributed by atoms with Crippen LogP contribution in [0.5, 0.6) is 0 Å². The molecular formula is C14H10N2O3S. The lowest BCUT2D eigenvalue weighted by molar-refractivity contribution is 0.0601. The third-order valence-electron chi connectivity index (χ3n) is 2.75. The van der Waals surface area contributed by atoms with Crippen molar-refractivity contribution in [3.05, 3.63) is 51.8 Å². The van der Waals surface area contributed by atoms with Crippen LogP contribution in [0.3, 0.4) is 0 Å². The number of pyridine rings is 1. The monoisotopic (exact) mass is 286 g/mol. The number of aromatic nitrogens is 1. The van der Waals surface area contributed by atoms with Gasteiger partial charge in [-0.25, -0.2) is 4.79 Å². The van der Waals surface area contributed by atoms with Crippen LogP contribution in [-0.4, -0.2) is 18.1 Å². The first kappa shape index (κ1) is 13.9. The number of nitriles is 1. The zero-order chi connectivity index (χ0) is 14.7. The minimum Gasteiger partial charge on any atom is -0.465 e. The van der Waals surface area contributed by atoms with E-state index in [-0.39, 0.29) is 16.1 Å². The average Bonchev–Trinajstić information content (AvgIpc) is 2.46. The van der Waals surface area contributed by atoms with Crippen LogP contribution >= 0.6 is 12.6 Å². The highest BCUT2D eigenvalue weighted by Crippen LogP contribution is 2.25. The first-order chi connectivity index (χ1) is 9.56. The van der Waals surface area contributed by atoms with Crippen molar-refractivity contribution in [2.75, 3.05) is 7.11 Å². The molecule has 6 heteroatoms. The highest BCUT2D eigenvalue weighted by Gasteiger charge is 2.11. The molecule has 0 saturated heterocycles. The van der Waals surface area contributed by atoms with Gasteiger partial charge in [-0.1, -0.05) is 12.1 Å². The van der Waals surface area contributed by atoms with Crippen LogP contribution in [0.15, 0.2) is 40.2 Å². The van der Waals surface area contributed by atoms with Crippen LogP contribution in [0.25, 0.3) is 11.1 Å². The van der Waals surface area contributed by atoms with Gasteiger partial charge in [-0.05, 0) is 17.7 Å². The number of ether oxygens (including phenoxy) is 1. The first-order valence-corrected chi connectivity index (χ1v) is 6.06. The van der Waals surface area contributed by atoms with Crippen molar-refractivity contribution >= 4 is 18.6 Å². The number of hydrogen-bond acceptors (Lipinski definition) is 5. The second-order valence-electron chi connectivity index (χ2n) is 3.95. The lowest BCUT2D eigenvalue weighted by atomic mass is 10.0. The van der Waals surface area contributed by atoms with Gasteiger partial charge >= 0.3 is 5.97 Å². The third-order valence-corrected chi connectivity index (χ3v) is 3.09. The van der Waals surface area contributed by atoms with Crippen LogP contribution < -0.4 is 5.56 Å². The number of aromatic amines is 1. The van der Waals surface area contributed by atoms with Crippen molar-refractivity contribution in [2.45, 2.75) is 5.03 Å². The zero-order valence-electron chi connectivity index (χ0n) is 10.5. The van der Waals surface area contributed by atoms with Gasteiger partial charge in [0.2, 0.25) is 5.56 Å². The fourth-order valence-corrected chi connectivity index (χ4v) is 2.07. The number of rotatable bonds is 2. The number of benzene rings is 1. The van der Waals surface area contributed by atoms with Gasteiger partial charge in [0.25, 0.3) is 0 Å². The summed E-state index contributed by atoms with van der Waals surface area (Å²) in [5.41, 5.74) is 1.44. The number of carbonyl (C=O) groups excluding carboxylic acids is 1. The molecule has 5 nitrogen and oxygen atoms in total. The van der Waals surface area contributed by atoms with E-state index in [1.54, 1.807) is 24.3 Å². The van der Waals surface area contributed by atoms with Crippen LogP contribution in [0.2, 0.25) is 0 Å². The molecule has 100 valence electrons. The molecule has 0 unspecified atom stereocenters. The Labute approximate surface area is 120 Å². The number of H-pyrrole nitrogens is 1. The lowest BCUT2D eigenvalue weighted by Crippen LogP contribution is -2.07. The van der Waals surface area contributed by atoms with E-state index in [0.717, 1.165) is 0 Å². The van der Waals surface area contributed by atoms with Gasteiger partial charge in [-0.2, -0.15) is 5.26 Å². The van der Waals surface area contributed by atoms with Gasteiger partial charge in [-0.3, -0.25) is 4.79 Å². The van der Waals surface area contributed by atoms with E-state index in [2.05, 4.69) is 22.3 Å². The Kier molecular flexibility index (Phi) is 3.91. The van der Waals surface area contributed by atoms with E-state index in [1.807, 2.05) is 6.07 Å². The number of carbonyl (C=O) groups is 1. The molecule has 1 aromatic heterocycles. The third kappa shape index (κ3) is 2.58. The minimum atomic E-state index is -0.446. The van der Waals surface area contributed by atoms with Crippen molar-refractivity contribution in [1.82, 2.24) is 4.98 Å². The number of nitrogens with zero attached hydrogens (tertiary/aromatic N) is 1. The molecule has 20 heavy (non-hydrogen) atoms. The van der Waals surface area contributed by atoms with Gasteiger partial charge in [0.05, 0.1) is 23.3 Å². The molecule has 0 radical (unpaired) electrons. The highest BCUT2D eigenvalue weighted by molar-refractivity contribution is 7.80. The summed E-state index contributed by atoms with van der Waals surface area (Å²) in [5.74, 6) is -0.446. The quantitative estimate of drug-likeness (QED) is 0.653. The summed E-state index contributed by atoms with van der Waals surface area (Å²) in [7, 11) is 1.30. The molecule has 0 aliphatic heterocycles. The van der Waals surface area contributed by atoms with Crippen LogP contribution in [-0.2, 0) is 4.74 Å². The maximum atomic E-state index is 11.5. The van der Waals surface area contributed by atoms with Gasteiger partial charge in [0.1, 0.15) is 6.07 Å². The van der Waals surface area contributed by atoms with E-state index >= 15 is 0 Å². The van der Waals surface area contributed by atoms with Crippen molar-refractivity contribution in [1.29, 1.82) is 5.26 Å². The summed E-state index contributed by atoms with van der Waals surface area (Å²) in [6.07, 6.45) is 0. The first-order valence-electron chi connectivity index (χ1n) is 5.62. The Morgan fingerprint density at radius 3 is 2.55 bits per heavy atom. The zero-order valence-corrected chi connectivity index (χ0v) is 11.4. The van der Waals surface area contributed by atoms with E-state index in [9.17, 15) is 9.59 Å². The fourth-order valence-electron chi connectivity index (χ4n) is 1.79. The summed E-state index contributed by atoms with van der Waals surface area (Å²) < 4.78 is 4.61. The van der Waals surface area contributed by atoms with Crippen molar-refractivity contribution in [3.8, 4) is 17.2 Å². The molecule has 2 aromatic rings. The molecule has 1 heterocycles. The number of methoxy groups -OCH3 is 1. The van der Waals surface area contributed by atoms with Crippen LogP contribution in [0.1, 0.15) is 15.9 Å². The molecule has 1 aromatic carbocycles. The maximum absolute atomic E-state index is 11.5. The van der Waals surface area contributed by atoms with E-state index in [4.69, 9.17) is 5.26 Å². The SMILES string of the molecule is COC(=O)c1ccc(-c2cc(=O)[nH]c(S)c2C#N)cc1. The predicted octanol–water partition coefficient (Wildman–Crippen LogP) is 1.99. The molecule has 0 spiro atoms. The summed E-state index contributed by atoms with van der Waals surface area (Å²) in [6, 6.07) is 9.76. The number of nitrogens with one attached hydrogen (secondary N) is 1. The van der Waals surface area contributed by atoms with Crippen LogP contribution in [0.4, 0.5) is 0 Å². The summed E-state index contributed by atoms with van der Waals surface area (Å²) >= 11 is 4.08. The molecule has 0 amide bonds. The molecule has 0 aliphatic rings. The highest BCUT2D eigenvalue weighted by atomic mass is 32.1. The molecule has 1 N–H and O–H groups in total. The molecule has 0 bridgehead atoms. The number of hydrogen-bond donors (Lipinski definition) is 2. The van der Waals surface area contributed by atoms with Gasteiger partial charge < -0.3 is 9.72 Å². The van der Waals surface area contributed by atoms with Crippen LogP contribution in [0, 0.1) is 11.3 Å². The summed E-state index contributed by atoms with van der Waals surface area (Å²) in [6.45, 7) is 0. The summed E-state index contributed by atoms with van der Waals surface area (Å²) in [4.78, 5) is 25.3. The lowest BCUT2D eigenvalue weighted by Gasteiger charge is -2.06. The number of thiol groups is 1. The Hall–Kier alpha value is -2.52. The fraction of sp³-hybridized carbons (Fsp3) is 0.0714. The van der Waals surface area contributed by atoms with Gasteiger partial charge in [-0.15, -0.1) is 12.6 Å². The Balaban J connectivity index is 2.55. The Morgan fingerprint density at radius 2 is 2.00 bits per heavy atom. The van der Waals surface area contributed by atoms with Gasteiger partial charge in [0, 0.05) is 11.6 Å². The largest absolute Gasteiger partial charge is 0.465 e. The molecule has 0 fully saturated rings. The van der Waals surface area contributed by atoms with Crippen molar-refractivity contribution in [2.24, 2.45) is 0 Å². The van der Waals surface area contributed by atoms with E-state index in [1.165, 1.54) is 13.2 Å². The predicted molar refractivity (Wildman–Crippen MR) is 75.8 cm³/mol. The molecule has 2 rings (SSSR count). The standard InChI is InChI=1S/C14H10N2O3S/c1-19-14(18)9-4-2-8(3-5-9)10-6-12(17)16-13(20)11(10)7-15/h2-6H,1H3,(H2,16,17,20). The molecule has 0 atom stereocenters. The normalized spacial score (nSPS) is 9.85. The number of esters is 1. The van der Waals surface area contributed by atoms with Crippen molar-refractivity contribution < 1.29 is 9.53 Å². The van der Waals surface area contributed by atoms with Gasteiger partial charge in [0.15, 0.2) is 0 Å². The average molecular weight is 286 g/mol. The second-order valence-corrected chi connectivity index (χ2v) is 4.40. The molecular weight excluding hydrogens is 276 g/mol. The Morgan fingerprint density at radius 1 is 1.35 bits per heavy atom. The molecule has 0 saturated carbocycles. The van der Waals surface area contributed by atoms with E-state index in [0.29, 0.717) is 16.7 Å². The van der Waals surface area contributed by atoms with E-state index < -0.39 is 5.97 Å². The maximum Gasteiger partial charge on any atom is 0.337 e. The topological polar surface area (TPSA) is 83.0 Å². The second kappa shape index (κ2) is 5.63. The Bertz CT molecular complexity index is 757. The minimum absolute atomic E-state index is 0.215. The smallest absolute Gasteiger partial charge is 0.337 e. The molecule has 0 aliphatic carbocycles. The van der Waals surface area contributed by atoms with Crippen molar-refractivity contribution in [3.63, 3.8) is 0 Å². The summed E-state index contributed by atoms with van der Waals surface area (Å²) in [5, 5.41) is 9.35.